The van der Waals surface area contributed by atoms with Crippen molar-refractivity contribution in [2.24, 2.45) is 5.73 Å². The first-order valence-corrected chi connectivity index (χ1v) is 6.18. The molecule has 3 N–H and O–H groups in total. The number of nitrogens with one attached hydrogen (secondary N) is 1. The van der Waals surface area contributed by atoms with Gasteiger partial charge in [-0.05, 0) is 54.8 Å². The van der Waals surface area contributed by atoms with Crippen LogP contribution in [-0.2, 0) is 5.54 Å². The van der Waals surface area contributed by atoms with Crippen molar-refractivity contribution in [2.45, 2.75) is 33.2 Å². The van der Waals surface area contributed by atoms with Crippen molar-refractivity contribution in [1.82, 2.24) is 4.98 Å². The lowest BCUT2D eigenvalue weighted by atomic mass is 10.0. The van der Waals surface area contributed by atoms with Crippen molar-refractivity contribution in [3.63, 3.8) is 0 Å². The van der Waals surface area contributed by atoms with Crippen LogP contribution in [0, 0.1) is 13.8 Å². The topological polar surface area (TPSA) is 41.8 Å². The van der Waals surface area contributed by atoms with E-state index >= 15 is 0 Å². The van der Waals surface area contributed by atoms with E-state index in [-0.39, 0.29) is 5.54 Å². The monoisotopic (exact) mass is 280 g/mol. The zero-order valence-corrected chi connectivity index (χ0v) is 11.7. The number of H-pyrrole nitrogens is 1. The molecular weight excluding hydrogens is 264 g/mol. The molecular formula is C13H17BrN2. The van der Waals surface area contributed by atoms with Crippen LogP contribution in [0.2, 0.25) is 0 Å². The standard InChI is InChI=1S/C13H17BrN2/c1-7-5-6-8(2)11-9(7)10(14)12(16-11)13(3,4)15/h5-6,16H,15H2,1-4H3. The predicted octanol–water partition coefficient (Wildman–Crippen LogP) is 3.74. The molecule has 0 atom stereocenters. The molecule has 0 bridgehead atoms. The van der Waals surface area contributed by atoms with Crippen LogP contribution in [0.1, 0.15) is 30.7 Å². The van der Waals surface area contributed by atoms with E-state index in [0.29, 0.717) is 0 Å². The average molecular weight is 281 g/mol. The molecule has 0 fully saturated rings. The van der Waals surface area contributed by atoms with E-state index in [1.807, 2.05) is 13.8 Å². The van der Waals surface area contributed by atoms with Crippen molar-refractivity contribution in [3.05, 3.63) is 33.4 Å². The van der Waals surface area contributed by atoms with Gasteiger partial charge in [0.2, 0.25) is 0 Å². The van der Waals surface area contributed by atoms with Gasteiger partial charge in [-0.3, -0.25) is 0 Å². The lowest BCUT2D eigenvalue weighted by molar-refractivity contribution is 0.537. The second-order valence-electron chi connectivity index (χ2n) is 4.99. The highest BCUT2D eigenvalue weighted by Gasteiger charge is 2.22. The van der Waals surface area contributed by atoms with Crippen molar-refractivity contribution < 1.29 is 0 Å². The van der Waals surface area contributed by atoms with Crippen LogP contribution in [-0.4, -0.2) is 4.98 Å². The highest BCUT2D eigenvalue weighted by atomic mass is 79.9. The number of aromatic amines is 1. The Balaban J connectivity index is 2.88. The summed E-state index contributed by atoms with van der Waals surface area (Å²) in [7, 11) is 0. The van der Waals surface area contributed by atoms with Crippen molar-refractivity contribution in [3.8, 4) is 0 Å². The number of hydrogen-bond donors (Lipinski definition) is 2. The molecule has 1 aromatic heterocycles. The molecule has 0 amide bonds. The Morgan fingerprint density at radius 3 is 2.25 bits per heavy atom. The Bertz CT molecular complexity index is 547. The molecule has 3 heteroatoms. The molecule has 0 aliphatic heterocycles. The fraction of sp³-hybridized carbons (Fsp3) is 0.385. The summed E-state index contributed by atoms with van der Waals surface area (Å²) < 4.78 is 1.09. The summed E-state index contributed by atoms with van der Waals surface area (Å²) in [5.41, 5.74) is 10.5. The molecule has 0 spiro atoms. The van der Waals surface area contributed by atoms with Crippen LogP contribution in [0.5, 0.6) is 0 Å². The van der Waals surface area contributed by atoms with Crippen LogP contribution in [0.15, 0.2) is 16.6 Å². The molecule has 0 aliphatic carbocycles. The molecule has 0 unspecified atom stereocenters. The second kappa shape index (κ2) is 3.60. The first-order valence-electron chi connectivity index (χ1n) is 5.39. The van der Waals surface area contributed by atoms with E-state index in [1.165, 1.54) is 22.0 Å². The highest BCUT2D eigenvalue weighted by Crippen LogP contribution is 2.36. The molecule has 2 nitrogen and oxygen atoms in total. The smallest absolute Gasteiger partial charge is 0.0516 e. The largest absolute Gasteiger partial charge is 0.356 e. The van der Waals surface area contributed by atoms with Crippen molar-refractivity contribution in [1.29, 1.82) is 0 Å². The zero-order chi connectivity index (χ0) is 12.1. The van der Waals surface area contributed by atoms with E-state index in [0.717, 1.165) is 10.2 Å². The summed E-state index contributed by atoms with van der Waals surface area (Å²) >= 11 is 3.66. The third-order valence-corrected chi connectivity index (χ3v) is 3.75. The number of fused-ring (bicyclic) bond motifs is 1. The van der Waals surface area contributed by atoms with Gasteiger partial charge in [0.15, 0.2) is 0 Å². The molecule has 16 heavy (non-hydrogen) atoms. The maximum absolute atomic E-state index is 6.16. The third-order valence-electron chi connectivity index (χ3n) is 2.96. The number of aromatic nitrogens is 1. The first-order chi connectivity index (χ1) is 7.32. The summed E-state index contributed by atoms with van der Waals surface area (Å²) in [4.78, 5) is 3.44. The minimum Gasteiger partial charge on any atom is -0.356 e. The summed E-state index contributed by atoms with van der Waals surface area (Å²) in [6.07, 6.45) is 0. The van der Waals surface area contributed by atoms with Gasteiger partial charge in [-0.25, -0.2) is 0 Å². The Hall–Kier alpha value is -0.800. The maximum atomic E-state index is 6.16. The van der Waals surface area contributed by atoms with Crippen LogP contribution in [0.25, 0.3) is 10.9 Å². The van der Waals surface area contributed by atoms with Gasteiger partial charge in [0.1, 0.15) is 0 Å². The van der Waals surface area contributed by atoms with E-state index in [2.05, 4.69) is 46.9 Å². The molecule has 2 aromatic rings. The van der Waals surface area contributed by atoms with E-state index < -0.39 is 0 Å². The lowest BCUT2D eigenvalue weighted by Crippen LogP contribution is -2.29. The zero-order valence-electron chi connectivity index (χ0n) is 10.1. The summed E-state index contributed by atoms with van der Waals surface area (Å²) in [5.74, 6) is 0. The number of halogens is 1. The summed E-state index contributed by atoms with van der Waals surface area (Å²) in [6, 6.07) is 4.28. The van der Waals surface area contributed by atoms with Crippen molar-refractivity contribution >= 4 is 26.8 Å². The molecule has 2 rings (SSSR count). The summed E-state index contributed by atoms with van der Waals surface area (Å²) in [6.45, 7) is 8.24. The van der Waals surface area contributed by atoms with Gasteiger partial charge in [0.05, 0.1) is 11.1 Å². The number of hydrogen-bond acceptors (Lipinski definition) is 1. The fourth-order valence-electron chi connectivity index (χ4n) is 2.00. The normalized spacial score (nSPS) is 12.4. The van der Waals surface area contributed by atoms with Gasteiger partial charge < -0.3 is 10.7 Å². The molecule has 1 aromatic carbocycles. The SMILES string of the molecule is Cc1ccc(C)c2c(Br)c(C(C)(C)N)[nH]c12. The van der Waals surface area contributed by atoms with Gasteiger partial charge in [-0.1, -0.05) is 12.1 Å². The van der Waals surface area contributed by atoms with Gasteiger partial charge in [-0.2, -0.15) is 0 Å². The van der Waals surface area contributed by atoms with Crippen LogP contribution in [0.4, 0.5) is 0 Å². The minimum absolute atomic E-state index is 0.364. The van der Waals surface area contributed by atoms with Crippen LogP contribution >= 0.6 is 15.9 Å². The van der Waals surface area contributed by atoms with Crippen molar-refractivity contribution in [2.75, 3.05) is 0 Å². The Morgan fingerprint density at radius 2 is 1.75 bits per heavy atom. The number of benzene rings is 1. The molecule has 0 saturated carbocycles. The molecule has 1 heterocycles. The predicted molar refractivity (Wildman–Crippen MR) is 72.7 cm³/mol. The maximum Gasteiger partial charge on any atom is 0.0516 e. The number of aryl methyl sites for hydroxylation is 2. The quantitative estimate of drug-likeness (QED) is 0.821. The van der Waals surface area contributed by atoms with Gasteiger partial charge in [0, 0.05) is 15.6 Å². The Morgan fingerprint density at radius 1 is 1.19 bits per heavy atom. The minimum atomic E-state index is -0.364. The van der Waals surface area contributed by atoms with E-state index in [9.17, 15) is 0 Å². The molecule has 0 radical (unpaired) electrons. The third kappa shape index (κ3) is 1.68. The highest BCUT2D eigenvalue weighted by molar-refractivity contribution is 9.10. The van der Waals surface area contributed by atoms with Gasteiger partial charge in [0.25, 0.3) is 0 Å². The molecule has 86 valence electrons. The van der Waals surface area contributed by atoms with Gasteiger partial charge >= 0.3 is 0 Å². The second-order valence-corrected chi connectivity index (χ2v) is 5.78. The van der Waals surface area contributed by atoms with E-state index in [4.69, 9.17) is 5.73 Å². The summed E-state index contributed by atoms with van der Waals surface area (Å²) in [5, 5.41) is 1.24. The van der Waals surface area contributed by atoms with Crippen LogP contribution < -0.4 is 5.73 Å². The van der Waals surface area contributed by atoms with Crippen LogP contribution in [0.3, 0.4) is 0 Å². The first kappa shape index (κ1) is 11.7. The molecule has 0 saturated heterocycles. The lowest BCUT2D eigenvalue weighted by Gasteiger charge is -2.17. The fourth-order valence-corrected chi connectivity index (χ4v) is 3.12. The average Bonchev–Trinajstić information content (AvgIpc) is 2.51. The van der Waals surface area contributed by atoms with E-state index in [1.54, 1.807) is 0 Å². The number of nitrogens with two attached hydrogens (primary N) is 1. The van der Waals surface area contributed by atoms with Gasteiger partial charge in [-0.15, -0.1) is 0 Å². The Labute approximate surface area is 104 Å². The number of rotatable bonds is 1. The Kier molecular flexibility index (Phi) is 2.63. The molecule has 0 aliphatic rings.